The summed E-state index contributed by atoms with van der Waals surface area (Å²) in [6.45, 7) is -0.410. The van der Waals surface area contributed by atoms with E-state index in [0.29, 0.717) is 16.8 Å². The minimum absolute atomic E-state index is 0.169. The number of pyridine rings is 1. The number of halogens is 4. The van der Waals surface area contributed by atoms with E-state index in [9.17, 15) is 17.6 Å². The molecule has 2 N–H and O–H groups in total. The van der Waals surface area contributed by atoms with Gasteiger partial charge in [-0.05, 0) is 17.7 Å². The summed E-state index contributed by atoms with van der Waals surface area (Å²) in [7, 11) is 0. The molecule has 3 aromatic rings. The summed E-state index contributed by atoms with van der Waals surface area (Å²) in [5, 5.41) is 3.31. The highest BCUT2D eigenvalue weighted by molar-refractivity contribution is 5.77. The molecule has 0 aromatic carbocycles. The molecule has 0 fully saturated rings. The van der Waals surface area contributed by atoms with Crippen LogP contribution in [0.25, 0.3) is 11.0 Å². The Bertz CT molecular complexity index is 827. The Labute approximate surface area is 127 Å². The van der Waals surface area contributed by atoms with E-state index in [1.165, 1.54) is 18.6 Å². The molecule has 9 heteroatoms. The molecule has 0 saturated carbocycles. The predicted octanol–water partition coefficient (Wildman–Crippen LogP) is 3.45. The molecule has 0 aliphatic carbocycles. The highest BCUT2D eigenvalue weighted by atomic mass is 19.4. The number of hydrogen-bond acceptors (Lipinski definition) is 4. The highest BCUT2D eigenvalue weighted by Gasteiger charge is 2.32. The van der Waals surface area contributed by atoms with Crippen LogP contribution < -0.4 is 5.32 Å². The number of aromatic nitrogens is 4. The summed E-state index contributed by atoms with van der Waals surface area (Å²) in [5.41, 5.74) is 0.249. The van der Waals surface area contributed by atoms with Crippen molar-refractivity contribution in [3.05, 3.63) is 47.7 Å². The first-order valence-electron chi connectivity index (χ1n) is 6.61. The molecular weight excluding hydrogens is 314 g/mol. The quantitative estimate of drug-likeness (QED) is 0.721. The summed E-state index contributed by atoms with van der Waals surface area (Å²) >= 11 is 0. The largest absolute Gasteiger partial charge is 0.431 e. The van der Waals surface area contributed by atoms with Crippen LogP contribution in [-0.4, -0.2) is 19.9 Å². The Kier molecular flexibility index (Phi) is 3.85. The lowest BCUT2D eigenvalue weighted by Gasteiger charge is -2.06. The molecule has 0 bridgehead atoms. The molecule has 120 valence electrons. The average Bonchev–Trinajstić information content (AvgIpc) is 2.96. The van der Waals surface area contributed by atoms with Crippen LogP contribution in [-0.2, 0) is 19.4 Å². The van der Waals surface area contributed by atoms with E-state index in [4.69, 9.17) is 0 Å². The van der Waals surface area contributed by atoms with Crippen LogP contribution in [0.5, 0.6) is 0 Å². The van der Waals surface area contributed by atoms with Crippen molar-refractivity contribution in [3.8, 4) is 0 Å². The number of fused-ring (bicyclic) bond motifs is 1. The number of rotatable bonds is 4. The third-order valence-electron chi connectivity index (χ3n) is 3.17. The second-order valence-corrected chi connectivity index (χ2v) is 4.84. The molecule has 5 nitrogen and oxygen atoms in total. The molecule has 0 amide bonds. The molecule has 0 spiro atoms. The zero-order valence-electron chi connectivity index (χ0n) is 11.7. The minimum Gasteiger partial charge on any atom is -0.366 e. The van der Waals surface area contributed by atoms with Crippen molar-refractivity contribution in [1.29, 1.82) is 0 Å². The third-order valence-corrected chi connectivity index (χ3v) is 3.17. The number of anilines is 1. The van der Waals surface area contributed by atoms with Gasteiger partial charge in [0.05, 0.1) is 5.69 Å². The third kappa shape index (κ3) is 3.38. The molecule has 3 aromatic heterocycles. The van der Waals surface area contributed by atoms with E-state index in [2.05, 4.69) is 25.3 Å². The van der Waals surface area contributed by atoms with Crippen molar-refractivity contribution in [2.24, 2.45) is 0 Å². The van der Waals surface area contributed by atoms with Crippen molar-refractivity contribution in [2.75, 3.05) is 5.32 Å². The maximum absolute atomic E-state index is 12.7. The number of H-pyrrole nitrogens is 1. The summed E-state index contributed by atoms with van der Waals surface area (Å²) in [4.78, 5) is 13.9. The molecule has 3 heterocycles. The fourth-order valence-electron chi connectivity index (χ4n) is 2.07. The van der Waals surface area contributed by atoms with E-state index >= 15 is 0 Å². The lowest BCUT2D eigenvalue weighted by Crippen LogP contribution is -2.04. The summed E-state index contributed by atoms with van der Waals surface area (Å²) in [6, 6.07) is 4.07. The molecule has 0 aliphatic rings. The van der Waals surface area contributed by atoms with Crippen molar-refractivity contribution >= 4 is 16.9 Å². The molecular formula is C14H11F4N5. The standard InChI is InChI=1S/C14H11F4N5/c15-4-10-3-12(22-7-21-10)19-5-8-1-9-2-11(14(16,17)18)23-13(9)20-6-8/h1-3,6-7H,4-5H2,(H,20,23)(H,19,21,22). The van der Waals surface area contributed by atoms with Gasteiger partial charge < -0.3 is 10.3 Å². The Morgan fingerprint density at radius 1 is 1.09 bits per heavy atom. The molecule has 23 heavy (non-hydrogen) atoms. The number of alkyl halides is 4. The maximum atomic E-state index is 12.7. The average molecular weight is 325 g/mol. The topological polar surface area (TPSA) is 66.5 Å². The Morgan fingerprint density at radius 3 is 2.65 bits per heavy atom. The number of hydrogen-bond donors (Lipinski definition) is 2. The van der Waals surface area contributed by atoms with E-state index in [0.717, 1.165) is 6.07 Å². The van der Waals surface area contributed by atoms with Gasteiger partial charge in [0.15, 0.2) is 0 Å². The van der Waals surface area contributed by atoms with E-state index in [1.807, 2.05) is 0 Å². The van der Waals surface area contributed by atoms with Crippen LogP contribution in [0, 0.1) is 0 Å². The summed E-state index contributed by atoms with van der Waals surface area (Å²) in [5.74, 6) is 0.429. The van der Waals surface area contributed by atoms with Gasteiger partial charge in [0, 0.05) is 24.2 Å². The van der Waals surface area contributed by atoms with Gasteiger partial charge in [-0.15, -0.1) is 0 Å². The van der Waals surface area contributed by atoms with Gasteiger partial charge in [-0.1, -0.05) is 0 Å². The Morgan fingerprint density at radius 2 is 1.91 bits per heavy atom. The lowest BCUT2D eigenvalue weighted by molar-refractivity contribution is -0.140. The van der Waals surface area contributed by atoms with Crippen molar-refractivity contribution < 1.29 is 17.6 Å². The fraction of sp³-hybridized carbons (Fsp3) is 0.214. The highest BCUT2D eigenvalue weighted by Crippen LogP contribution is 2.30. The first-order chi connectivity index (χ1) is 11.0. The Balaban J connectivity index is 1.78. The number of nitrogens with zero attached hydrogens (tertiary/aromatic N) is 3. The van der Waals surface area contributed by atoms with Crippen LogP contribution in [0.2, 0.25) is 0 Å². The monoisotopic (exact) mass is 325 g/mol. The SMILES string of the molecule is FCc1cc(NCc2cnc3[nH]c(C(F)(F)F)cc3c2)ncn1. The van der Waals surface area contributed by atoms with Crippen LogP contribution in [0.4, 0.5) is 23.4 Å². The first kappa shape index (κ1) is 15.2. The zero-order valence-corrected chi connectivity index (χ0v) is 11.7. The van der Waals surface area contributed by atoms with Gasteiger partial charge in [0.25, 0.3) is 0 Å². The molecule has 0 saturated heterocycles. The van der Waals surface area contributed by atoms with Crippen molar-refractivity contribution in [2.45, 2.75) is 19.4 Å². The molecule has 0 unspecified atom stereocenters. The van der Waals surface area contributed by atoms with Gasteiger partial charge in [-0.25, -0.2) is 19.3 Å². The van der Waals surface area contributed by atoms with E-state index in [-0.39, 0.29) is 17.9 Å². The van der Waals surface area contributed by atoms with E-state index < -0.39 is 18.5 Å². The molecule has 0 atom stereocenters. The number of aromatic amines is 1. The zero-order chi connectivity index (χ0) is 16.4. The van der Waals surface area contributed by atoms with Crippen LogP contribution in [0.1, 0.15) is 17.0 Å². The lowest BCUT2D eigenvalue weighted by atomic mass is 10.2. The van der Waals surface area contributed by atoms with Crippen molar-refractivity contribution in [3.63, 3.8) is 0 Å². The van der Waals surface area contributed by atoms with Gasteiger partial charge >= 0.3 is 6.18 Å². The van der Waals surface area contributed by atoms with Gasteiger partial charge in [0.2, 0.25) is 0 Å². The summed E-state index contributed by atoms with van der Waals surface area (Å²) < 4.78 is 50.5. The minimum atomic E-state index is -4.44. The first-order valence-corrected chi connectivity index (χ1v) is 6.61. The van der Waals surface area contributed by atoms with Crippen molar-refractivity contribution in [1.82, 2.24) is 19.9 Å². The summed E-state index contributed by atoms with van der Waals surface area (Å²) in [6.07, 6.45) is -1.74. The number of nitrogens with one attached hydrogen (secondary N) is 2. The van der Waals surface area contributed by atoms with Gasteiger partial charge in [0.1, 0.15) is 30.2 Å². The van der Waals surface area contributed by atoms with Crippen LogP contribution in [0.3, 0.4) is 0 Å². The normalized spacial score (nSPS) is 11.8. The molecule has 0 aliphatic heterocycles. The van der Waals surface area contributed by atoms with Crippen LogP contribution >= 0.6 is 0 Å². The predicted molar refractivity (Wildman–Crippen MR) is 75.3 cm³/mol. The fourth-order valence-corrected chi connectivity index (χ4v) is 2.07. The van der Waals surface area contributed by atoms with Gasteiger partial charge in [-0.2, -0.15) is 13.2 Å². The maximum Gasteiger partial charge on any atom is 0.431 e. The second kappa shape index (κ2) is 5.82. The molecule has 0 radical (unpaired) electrons. The second-order valence-electron chi connectivity index (χ2n) is 4.84. The molecule has 3 rings (SSSR count). The Hall–Kier alpha value is -2.71. The van der Waals surface area contributed by atoms with Crippen LogP contribution in [0.15, 0.2) is 30.7 Å². The van der Waals surface area contributed by atoms with Gasteiger partial charge in [-0.3, -0.25) is 0 Å². The smallest absolute Gasteiger partial charge is 0.366 e. The van der Waals surface area contributed by atoms with E-state index in [1.54, 1.807) is 6.07 Å².